The highest BCUT2D eigenvalue weighted by Gasteiger charge is 2.12. The molecule has 0 aliphatic rings. The number of ether oxygens (including phenoxy) is 1. The molecule has 21 heavy (non-hydrogen) atoms. The van der Waals surface area contributed by atoms with Gasteiger partial charge in [0.05, 0.1) is 6.61 Å². The molecule has 4 nitrogen and oxygen atoms in total. The highest BCUT2D eigenvalue weighted by molar-refractivity contribution is 5.98. The number of carbonyl (C=O) groups excluding carboxylic acids is 1. The minimum atomic E-state index is -0.146. The van der Waals surface area contributed by atoms with Crippen LogP contribution < -0.4 is 0 Å². The molecule has 0 saturated carbocycles. The molecule has 0 amide bonds. The van der Waals surface area contributed by atoms with E-state index in [1.807, 2.05) is 42.5 Å². The van der Waals surface area contributed by atoms with E-state index in [4.69, 9.17) is 9.15 Å². The average Bonchev–Trinajstić information content (AvgIpc) is 2.96. The number of rotatable bonds is 6. The van der Waals surface area contributed by atoms with Crippen LogP contribution in [0.5, 0.6) is 0 Å². The Kier molecular flexibility index (Phi) is 4.07. The van der Waals surface area contributed by atoms with Crippen LogP contribution >= 0.6 is 0 Å². The van der Waals surface area contributed by atoms with Gasteiger partial charge in [-0.25, -0.2) is 0 Å². The van der Waals surface area contributed by atoms with Gasteiger partial charge >= 0.3 is 0 Å². The van der Waals surface area contributed by atoms with Crippen LogP contribution in [0, 0.1) is 0 Å². The second-order valence-corrected chi connectivity index (χ2v) is 4.70. The Balaban J connectivity index is 1.52. The van der Waals surface area contributed by atoms with E-state index in [-0.39, 0.29) is 12.4 Å². The minimum Gasteiger partial charge on any atom is -0.453 e. The van der Waals surface area contributed by atoms with Gasteiger partial charge in [0.25, 0.3) is 0 Å². The number of pyridine rings is 1. The quantitative estimate of drug-likeness (QED) is 0.514. The summed E-state index contributed by atoms with van der Waals surface area (Å²) in [6, 6.07) is 15.0. The van der Waals surface area contributed by atoms with Gasteiger partial charge in [0.1, 0.15) is 12.2 Å². The fourth-order valence-corrected chi connectivity index (χ4v) is 2.08. The average molecular weight is 281 g/mol. The summed E-state index contributed by atoms with van der Waals surface area (Å²) >= 11 is 0. The van der Waals surface area contributed by atoms with Crippen molar-refractivity contribution in [2.45, 2.75) is 6.42 Å². The molecule has 0 aliphatic heterocycles. The lowest BCUT2D eigenvalue weighted by molar-refractivity contribution is 0.0739. The lowest BCUT2D eigenvalue weighted by atomic mass is 10.2. The number of aromatic nitrogens is 1. The third kappa shape index (κ3) is 3.35. The maximum Gasteiger partial charge on any atom is 0.223 e. The minimum absolute atomic E-state index is 0.0205. The van der Waals surface area contributed by atoms with Gasteiger partial charge in [0.2, 0.25) is 5.78 Å². The Morgan fingerprint density at radius 3 is 2.81 bits per heavy atom. The standard InChI is InChI=1S/C17H15NO3/c19-15(12-20-10-8-14-6-3-4-9-18-14)17-11-13-5-1-2-7-16(13)21-17/h1-7,9,11H,8,10,12H2. The van der Waals surface area contributed by atoms with E-state index in [1.165, 1.54) is 0 Å². The number of furan rings is 1. The van der Waals surface area contributed by atoms with Crippen LogP contribution in [-0.4, -0.2) is 24.0 Å². The highest BCUT2D eigenvalue weighted by atomic mass is 16.5. The maximum absolute atomic E-state index is 12.0. The highest BCUT2D eigenvalue weighted by Crippen LogP contribution is 2.19. The molecule has 2 heterocycles. The third-order valence-electron chi connectivity index (χ3n) is 3.16. The molecule has 0 spiro atoms. The molecule has 1 aromatic carbocycles. The van der Waals surface area contributed by atoms with E-state index in [2.05, 4.69) is 4.98 Å². The molecule has 3 rings (SSSR count). The monoisotopic (exact) mass is 281 g/mol. The van der Waals surface area contributed by atoms with Crippen LogP contribution in [0.15, 0.2) is 59.1 Å². The zero-order chi connectivity index (χ0) is 14.5. The molecule has 0 N–H and O–H groups in total. The van der Waals surface area contributed by atoms with Crippen molar-refractivity contribution < 1.29 is 13.9 Å². The summed E-state index contributed by atoms with van der Waals surface area (Å²) in [6.07, 6.45) is 2.43. The van der Waals surface area contributed by atoms with Crippen LogP contribution in [0.3, 0.4) is 0 Å². The first-order chi connectivity index (χ1) is 10.3. The number of carbonyl (C=O) groups is 1. The maximum atomic E-state index is 12.0. The van der Waals surface area contributed by atoms with Gasteiger partial charge < -0.3 is 9.15 Å². The van der Waals surface area contributed by atoms with Gasteiger partial charge in [-0.15, -0.1) is 0 Å². The van der Waals surface area contributed by atoms with Gasteiger partial charge in [0, 0.05) is 23.7 Å². The number of hydrogen-bond acceptors (Lipinski definition) is 4. The van der Waals surface area contributed by atoms with Gasteiger partial charge in [0.15, 0.2) is 5.76 Å². The molecular formula is C17H15NO3. The van der Waals surface area contributed by atoms with Crippen LogP contribution in [0.4, 0.5) is 0 Å². The van der Waals surface area contributed by atoms with Crippen LogP contribution in [0.1, 0.15) is 16.2 Å². The normalized spacial score (nSPS) is 10.9. The smallest absolute Gasteiger partial charge is 0.223 e. The molecule has 2 aromatic heterocycles. The number of fused-ring (bicyclic) bond motifs is 1. The Labute approximate surface area is 122 Å². The molecule has 106 valence electrons. The van der Waals surface area contributed by atoms with Crippen molar-refractivity contribution in [2.75, 3.05) is 13.2 Å². The Morgan fingerprint density at radius 2 is 2.00 bits per heavy atom. The molecule has 0 unspecified atom stereocenters. The van der Waals surface area contributed by atoms with Gasteiger partial charge in [-0.1, -0.05) is 24.3 Å². The summed E-state index contributed by atoms with van der Waals surface area (Å²) in [6.45, 7) is 0.482. The lowest BCUT2D eigenvalue weighted by Crippen LogP contribution is -2.10. The van der Waals surface area contributed by atoms with Crippen LogP contribution in [0.2, 0.25) is 0 Å². The summed E-state index contributed by atoms with van der Waals surface area (Å²) in [5.74, 6) is 0.196. The van der Waals surface area contributed by atoms with Crippen molar-refractivity contribution in [3.63, 3.8) is 0 Å². The number of Topliss-reactive ketones (excluding diaryl/α,β-unsaturated/α-hetero) is 1. The van der Waals surface area contributed by atoms with Gasteiger partial charge in [-0.05, 0) is 24.3 Å². The van der Waals surface area contributed by atoms with Crippen molar-refractivity contribution in [3.05, 3.63) is 66.2 Å². The number of ketones is 1. The fourth-order valence-electron chi connectivity index (χ4n) is 2.08. The fraction of sp³-hybridized carbons (Fsp3) is 0.176. The first-order valence-electron chi connectivity index (χ1n) is 6.82. The topological polar surface area (TPSA) is 52.3 Å². The molecule has 3 aromatic rings. The second-order valence-electron chi connectivity index (χ2n) is 4.70. The molecule has 0 atom stereocenters. The predicted octanol–water partition coefficient (Wildman–Crippen LogP) is 3.27. The number of benzene rings is 1. The van der Waals surface area contributed by atoms with E-state index in [0.717, 1.165) is 11.1 Å². The number of hydrogen-bond donors (Lipinski definition) is 0. The first-order valence-corrected chi connectivity index (χ1v) is 6.82. The van der Waals surface area contributed by atoms with E-state index in [1.54, 1.807) is 12.3 Å². The molecule has 0 aliphatic carbocycles. The van der Waals surface area contributed by atoms with Crippen molar-refractivity contribution in [3.8, 4) is 0 Å². The van der Waals surface area contributed by atoms with Crippen molar-refractivity contribution in [1.82, 2.24) is 4.98 Å². The molecule has 0 fully saturated rings. The summed E-state index contributed by atoms with van der Waals surface area (Å²) < 4.78 is 10.9. The number of para-hydroxylation sites is 1. The third-order valence-corrected chi connectivity index (χ3v) is 3.16. The van der Waals surface area contributed by atoms with E-state index >= 15 is 0 Å². The number of nitrogens with zero attached hydrogens (tertiary/aromatic N) is 1. The summed E-state index contributed by atoms with van der Waals surface area (Å²) in [7, 11) is 0. The van der Waals surface area contributed by atoms with Crippen LogP contribution in [-0.2, 0) is 11.2 Å². The SMILES string of the molecule is O=C(COCCc1ccccn1)c1cc2ccccc2o1. The Hall–Kier alpha value is -2.46. The Bertz CT molecular complexity index is 701. The van der Waals surface area contributed by atoms with Crippen LogP contribution in [0.25, 0.3) is 11.0 Å². The summed E-state index contributed by atoms with van der Waals surface area (Å²) in [4.78, 5) is 16.2. The lowest BCUT2D eigenvalue weighted by Gasteiger charge is -2.02. The van der Waals surface area contributed by atoms with E-state index in [9.17, 15) is 4.79 Å². The van der Waals surface area contributed by atoms with E-state index in [0.29, 0.717) is 24.4 Å². The zero-order valence-electron chi connectivity index (χ0n) is 11.5. The van der Waals surface area contributed by atoms with Crippen molar-refractivity contribution >= 4 is 16.8 Å². The second kappa shape index (κ2) is 6.33. The van der Waals surface area contributed by atoms with Gasteiger partial charge in [-0.3, -0.25) is 9.78 Å². The zero-order valence-corrected chi connectivity index (χ0v) is 11.5. The largest absolute Gasteiger partial charge is 0.453 e. The Morgan fingerprint density at radius 1 is 1.14 bits per heavy atom. The first kappa shape index (κ1) is 13.5. The summed E-state index contributed by atoms with van der Waals surface area (Å²) in [5, 5.41) is 0.925. The molecule has 0 saturated heterocycles. The van der Waals surface area contributed by atoms with Crippen molar-refractivity contribution in [1.29, 1.82) is 0 Å². The van der Waals surface area contributed by atoms with E-state index < -0.39 is 0 Å². The van der Waals surface area contributed by atoms with Crippen molar-refractivity contribution in [2.24, 2.45) is 0 Å². The molecule has 0 bridgehead atoms. The van der Waals surface area contributed by atoms with Gasteiger partial charge in [-0.2, -0.15) is 0 Å². The molecular weight excluding hydrogens is 266 g/mol. The predicted molar refractivity (Wildman–Crippen MR) is 79.3 cm³/mol. The summed E-state index contributed by atoms with van der Waals surface area (Å²) in [5.41, 5.74) is 1.67. The molecule has 4 heteroatoms. The molecule has 0 radical (unpaired) electrons.